The van der Waals surface area contributed by atoms with Gasteiger partial charge in [0.2, 0.25) is 0 Å². The van der Waals surface area contributed by atoms with Crippen LogP contribution in [0.4, 0.5) is 0 Å². The lowest BCUT2D eigenvalue weighted by molar-refractivity contribution is 0.921. The molecule has 0 fully saturated rings. The normalized spacial score (nSPS) is 35.3. The summed E-state index contributed by atoms with van der Waals surface area (Å²) in [6.07, 6.45) is 11.9. The molecular weight excluding hydrogens is 208 g/mol. The lowest BCUT2D eigenvalue weighted by Gasteiger charge is -2.20. The first-order valence-electron chi connectivity index (χ1n) is 6.48. The Morgan fingerprint density at radius 3 is 2.88 bits per heavy atom. The minimum Gasteiger partial charge on any atom is -0.0804 e. The molecule has 0 aromatic carbocycles. The zero-order chi connectivity index (χ0) is 11.3. The molecule has 2 aliphatic carbocycles. The second-order valence-electron chi connectivity index (χ2n) is 5.57. The maximum Gasteiger partial charge on any atom is 0.111 e. The molecule has 2 atom stereocenters. The number of rotatable bonds is 3. The Labute approximate surface area is 99.5 Å². The highest BCUT2D eigenvalue weighted by molar-refractivity contribution is 7.03. The van der Waals surface area contributed by atoms with Gasteiger partial charge >= 0.3 is 0 Å². The molecule has 84 valence electrons. The average molecular weight is 228 g/mol. The quantitative estimate of drug-likeness (QED) is 0.631. The second kappa shape index (κ2) is 3.33. The summed E-state index contributed by atoms with van der Waals surface area (Å²) in [5, 5.41) is 3.70. The fourth-order valence-corrected chi connectivity index (χ4v) is 9.05. The molecule has 0 nitrogen and oxygen atoms in total. The molecule has 0 N–H and O–H groups in total. The van der Waals surface area contributed by atoms with Crippen molar-refractivity contribution in [2.75, 3.05) is 0 Å². The van der Waals surface area contributed by atoms with Crippen LogP contribution in [0, 0.1) is 5.92 Å². The Bertz CT molecular complexity index is 462. The maximum atomic E-state index is 2.58. The van der Waals surface area contributed by atoms with Gasteiger partial charge in [-0.25, -0.2) is 0 Å². The summed E-state index contributed by atoms with van der Waals surface area (Å²) in [5.74, 6) is 0.702. The summed E-state index contributed by atoms with van der Waals surface area (Å²) in [6, 6.07) is 1.47. The molecule has 0 aromatic heterocycles. The van der Waals surface area contributed by atoms with Crippen molar-refractivity contribution in [3.8, 4) is 0 Å². The Morgan fingerprint density at radius 2 is 2.25 bits per heavy atom. The Balaban J connectivity index is 1.87. The largest absolute Gasteiger partial charge is 0.111 e. The third-order valence-corrected chi connectivity index (χ3v) is 9.19. The minimum atomic E-state index is -1.05. The lowest BCUT2D eigenvalue weighted by atomic mass is 10.00. The van der Waals surface area contributed by atoms with Crippen molar-refractivity contribution in [1.82, 2.24) is 0 Å². The van der Waals surface area contributed by atoms with E-state index < -0.39 is 8.07 Å². The molecule has 1 heteroatoms. The molecule has 1 aliphatic heterocycles. The lowest BCUT2D eigenvalue weighted by Crippen LogP contribution is -2.22. The molecule has 16 heavy (non-hydrogen) atoms. The van der Waals surface area contributed by atoms with Crippen molar-refractivity contribution in [2.45, 2.75) is 39.3 Å². The van der Waals surface area contributed by atoms with Crippen LogP contribution >= 0.6 is 0 Å². The van der Waals surface area contributed by atoms with E-state index in [0.29, 0.717) is 5.92 Å². The van der Waals surface area contributed by atoms with Gasteiger partial charge in [-0.1, -0.05) is 71.8 Å². The fourth-order valence-electron chi connectivity index (χ4n) is 3.75. The molecule has 0 spiro atoms. The van der Waals surface area contributed by atoms with E-state index in [2.05, 4.69) is 44.7 Å². The molecule has 0 amide bonds. The molecular formula is C15H20Si. The monoisotopic (exact) mass is 228 g/mol. The van der Waals surface area contributed by atoms with E-state index in [1.54, 1.807) is 11.1 Å². The highest BCUT2D eigenvalue weighted by Crippen LogP contribution is 2.59. The molecule has 1 heterocycles. The van der Waals surface area contributed by atoms with E-state index >= 15 is 0 Å². The number of hydrogen-bond acceptors (Lipinski definition) is 0. The van der Waals surface area contributed by atoms with E-state index in [4.69, 9.17) is 0 Å². The van der Waals surface area contributed by atoms with Crippen LogP contribution in [-0.2, 0) is 0 Å². The molecule has 0 saturated carbocycles. The third-order valence-electron chi connectivity index (χ3n) is 4.42. The van der Waals surface area contributed by atoms with Crippen LogP contribution in [0.25, 0.3) is 0 Å². The first-order valence-corrected chi connectivity index (χ1v) is 9.18. The summed E-state index contributed by atoms with van der Waals surface area (Å²) in [6.45, 7) is 7.23. The van der Waals surface area contributed by atoms with Crippen LogP contribution in [0.15, 0.2) is 45.8 Å². The van der Waals surface area contributed by atoms with Gasteiger partial charge in [-0.05, 0) is 13.3 Å². The van der Waals surface area contributed by atoms with Crippen LogP contribution in [0.3, 0.4) is 0 Å². The van der Waals surface area contributed by atoms with Gasteiger partial charge < -0.3 is 0 Å². The highest BCUT2D eigenvalue weighted by Gasteiger charge is 2.56. The van der Waals surface area contributed by atoms with Gasteiger partial charge in [0.05, 0.1) is 0 Å². The van der Waals surface area contributed by atoms with E-state index in [0.717, 1.165) is 0 Å². The highest BCUT2D eigenvalue weighted by atomic mass is 28.3. The standard InChI is InChI=1S/C15H20Si/c1-4-9-16(3)14-11(2)10-13(15(14)16)12-7-5-6-8-12/h5-7,10,13H,4,8-9H2,1-3H3. The van der Waals surface area contributed by atoms with Crippen molar-refractivity contribution >= 4 is 8.07 Å². The van der Waals surface area contributed by atoms with Crippen LogP contribution in [0.1, 0.15) is 26.7 Å². The number of allylic oxidation sites excluding steroid dienone is 8. The molecule has 2 unspecified atom stereocenters. The molecule has 0 aromatic rings. The SMILES string of the molecule is CCC[Si]1(C)C2=C1C(C1=CC=CC1)C=C2C. The van der Waals surface area contributed by atoms with Crippen LogP contribution < -0.4 is 0 Å². The summed E-state index contributed by atoms with van der Waals surface area (Å²) in [5.41, 5.74) is 3.24. The van der Waals surface area contributed by atoms with Gasteiger partial charge in [-0.2, -0.15) is 0 Å². The van der Waals surface area contributed by atoms with Crippen molar-refractivity contribution in [2.24, 2.45) is 5.92 Å². The first-order chi connectivity index (χ1) is 7.68. The molecule has 3 rings (SSSR count). The zero-order valence-electron chi connectivity index (χ0n) is 10.5. The van der Waals surface area contributed by atoms with E-state index in [-0.39, 0.29) is 0 Å². The molecule has 3 aliphatic rings. The predicted molar refractivity (Wildman–Crippen MR) is 72.8 cm³/mol. The maximum absolute atomic E-state index is 2.58. The van der Waals surface area contributed by atoms with Gasteiger partial charge in [0, 0.05) is 5.92 Å². The van der Waals surface area contributed by atoms with Crippen molar-refractivity contribution in [3.05, 3.63) is 45.8 Å². The van der Waals surface area contributed by atoms with Crippen LogP contribution in [-0.4, -0.2) is 8.07 Å². The average Bonchev–Trinajstić information content (AvgIpc) is 2.65. The molecule has 0 saturated heterocycles. The number of hydrogen-bond donors (Lipinski definition) is 0. The summed E-state index contributed by atoms with van der Waals surface area (Å²) in [7, 11) is -1.05. The smallest absolute Gasteiger partial charge is 0.0804 e. The van der Waals surface area contributed by atoms with Crippen LogP contribution in [0.5, 0.6) is 0 Å². The van der Waals surface area contributed by atoms with Crippen molar-refractivity contribution in [1.29, 1.82) is 0 Å². The van der Waals surface area contributed by atoms with Gasteiger partial charge in [0.1, 0.15) is 8.07 Å². The van der Waals surface area contributed by atoms with Gasteiger partial charge in [-0.3, -0.25) is 0 Å². The first kappa shape index (κ1) is 10.3. The zero-order valence-corrected chi connectivity index (χ0v) is 11.5. The Morgan fingerprint density at radius 1 is 1.44 bits per heavy atom. The van der Waals surface area contributed by atoms with Gasteiger partial charge in [0.25, 0.3) is 0 Å². The van der Waals surface area contributed by atoms with E-state index in [1.165, 1.54) is 18.9 Å². The minimum absolute atomic E-state index is 0.702. The second-order valence-corrected chi connectivity index (χ2v) is 9.77. The van der Waals surface area contributed by atoms with Crippen LogP contribution in [0.2, 0.25) is 12.6 Å². The van der Waals surface area contributed by atoms with Crippen molar-refractivity contribution in [3.63, 3.8) is 0 Å². The summed E-state index contributed by atoms with van der Waals surface area (Å²) < 4.78 is 0. The third kappa shape index (κ3) is 1.21. The molecule has 0 radical (unpaired) electrons. The van der Waals surface area contributed by atoms with E-state index in [9.17, 15) is 0 Å². The van der Waals surface area contributed by atoms with Crippen molar-refractivity contribution < 1.29 is 0 Å². The summed E-state index contributed by atoms with van der Waals surface area (Å²) in [4.78, 5) is 0. The summed E-state index contributed by atoms with van der Waals surface area (Å²) >= 11 is 0. The Hall–Kier alpha value is -0.823. The predicted octanol–water partition coefficient (Wildman–Crippen LogP) is 4.33. The fraction of sp³-hybridized carbons (Fsp3) is 0.467. The van der Waals surface area contributed by atoms with Gasteiger partial charge in [0.15, 0.2) is 0 Å². The van der Waals surface area contributed by atoms with E-state index in [1.807, 2.05) is 10.4 Å². The topological polar surface area (TPSA) is 0 Å². The molecule has 0 bridgehead atoms. The Kier molecular flexibility index (Phi) is 2.15. The van der Waals surface area contributed by atoms with Gasteiger partial charge in [-0.15, -0.1) is 0 Å².